The lowest BCUT2D eigenvalue weighted by Gasteiger charge is -2.08. The molecule has 0 aliphatic rings. The third-order valence-corrected chi connectivity index (χ3v) is 4.53. The molecule has 0 radical (unpaired) electrons. The van der Waals surface area contributed by atoms with Crippen molar-refractivity contribution < 1.29 is 23.9 Å². The number of rotatable bonds is 8. The van der Waals surface area contributed by atoms with Gasteiger partial charge in [0.2, 0.25) is 5.91 Å². The summed E-state index contributed by atoms with van der Waals surface area (Å²) in [5, 5.41) is 4.76. The Labute approximate surface area is 178 Å². The van der Waals surface area contributed by atoms with E-state index >= 15 is 0 Å². The quantitative estimate of drug-likeness (QED) is 0.419. The Morgan fingerprint density at radius 3 is 1.86 bits per heavy atom. The second-order valence-electron chi connectivity index (χ2n) is 5.56. The maximum atomic E-state index is 11.9. The number of benzene rings is 2. The Balaban J connectivity index is 1.67. The second-order valence-corrected chi connectivity index (χ2v) is 7.39. The summed E-state index contributed by atoms with van der Waals surface area (Å²) >= 11 is 6.53. The highest BCUT2D eigenvalue weighted by atomic mass is 79.9. The summed E-state index contributed by atoms with van der Waals surface area (Å²) in [7, 11) is 0. The molecule has 0 aliphatic carbocycles. The molecule has 0 bridgehead atoms. The van der Waals surface area contributed by atoms with Crippen LogP contribution in [-0.4, -0.2) is 43.3 Å². The highest BCUT2D eigenvalue weighted by molar-refractivity contribution is 9.10. The number of ketones is 1. The Bertz CT molecular complexity index is 793. The van der Waals surface area contributed by atoms with Gasteiger partial charge in [0, 0.05) is 20.1 Å². The Morgan fingerprint density at radius 1 is 0.750 bits per heavy atom. The molecule has 28 heavy (non-hydrogen) atoms. The molecule has 2 aromatic rings. The molecule has 0 fully saturated rings. The largest absolute Gasteiger partial charge is 0.456 e. The van der Waals surface area contributed by atoms with Crippen LogP contribution < -0.4 is 10.6 Å². The lowest BCUT2D eigenvalue weighted by molar-refractivity contribution is -0.142. The van der Waals surface area contributed by atoms with E-state index in [0.29, 0.717) is 11.1 Å². The van der Waals surface area contributed by atoms with Crippen LogP contribution >= 0.6 is 31.9 Å². The maximum absolute atomic E-state index is 11.9. The Kier molecular flexibility index (Phi) is 8.34. The van der Waals surface area contributed by atoms with Crippen molar-refractivity contribution in [2.45, 2.75) is 0 Å². The Morgan fingerprint density at radius 2 is 1.29 bits per heavy atom. The van der Waals surface area contributed by atoms with E-state index in [4.69, 9.17) is 4.74 Å². The van der Waals surface area contributed by atoms with Crippen molar-refractivity contribution in [3.05, 3.63) is 68.6 Å². The number of carbonyl (C=O) groups excluding carboxylic acids is 4. The van der Waals surface area contributed by atoms with Crippen LogP contribution in [0.5, 0.6) is 0 Å². The van der Waals surface area contributed by atoms with E-state index < -0.39 is 30.9 Å². The van der Waals surface area contributed by atoms with Gasteiger partial charge in [0.15, 0.2) is 12.4 Å². The molecule has 146 valence electrons. The van der Waals surface area contributed by atoms with E-state index in [9.17, 15) is 19.2 Å². The first kappa shape index (κ1) is 21.8. The van der Waals surface area contributed by atoms with Crippen LogP contribution in [0.1, 0.15) is 20.7 Å². The summed E-state index contributed by atoms with van der Waals surface area (Å²) in [5.74, 6) is -2.07. The predicted molar refractivity (Wildman–Crippen MR) is 109 cm³/mol. The molecule has 0 aromatic heterocycles. The van der Waals surface area contributed by atoms with Gasteiger partial charge in [-0.1, -0.05) is 44.0 Å². The first-order chi connectivity index (χ1) is 13.3. The van der Waals surface area contributed by atoms with Crippen molar-refractivity contribution in [1.82, 2.24) is 10.6 Å². The van der Waals surface area contributed by atoms with E-state index in [1.807, 2.05) is 0 Å². The number of amides is 2. The van der Waals surface area contributed by atoms with Crippen LogP contribution in [0, 0.1) is 0 Å². The van der Waals surface area contributed by atoms with Crippen LogP contribution in [-0.2, 0) is 14.3 Å². The minimum atomic E-state index is -0.752. The lowest BCUT2D eigenvalue weighted by Crippen LogP contribution is -2.39. The first-order valence-corrected chi connectivity index (χ1v) is 9.68. The van der Waals surface area contributed by atoms with Gasteiger partial charge in [-0.05, 0) is 36.4 Å². The molecule has 9 heteroatoms. The number of hydrogen-bond acceptors (Lipinski definition) is 5. The Hall–Kier alpha value is -2.52. The van der Waals surface area contributed by atoms with Crippen molar-refractivity contribution in [3.8, 4) is 0 Å². The molecule has 0 saturated heterocycles. The highest BCUT2D eigenvalue weighted by Gasteiger charge is 2.12. The van der Waals surface area contributed by atoms with Gasteiger partial charge in [-0.25, -0.2) is 0 Å². The number of halogens is 2. The van der Waals surface area contributed by atoms with E-state index in [1.165, 1.54) is 0 Å². The van der Waals surface area contributed by atoms with Gasteiger partial charge >= 0.3 is 5.97 Å². The fourth-order valence-electron chi connectivity index (χ4n) is 2.01. The fraction of sp³-hybridized carbons (Fsp3) is 0.158. The highest BCUT2D eigenvalue weighted by Crippen LogP contribution is 2.11. The number of ether oxygens (including phenoxy) is 1. The van der Waals surface area contributed by atoms with E-state index in [2.05, 4.69) is 42.5 Å². The zero-order valence-corrected chi connectivity index (χ0v) is 17.7. The fourth-order valence-corrected chi connectivity index (χ4v) is 2.54. The van der Waals surface area contributed by atoms with Crippen LogP contribution in [0.2, 0.25) is 0 Å². The molecule has 0 heterocycles. The van der Waals surface area contributed by atoms with Crippen molar-refractivity contribution in [2.24, 2.45) is 0 Å². The standard InChI is InChI=1S/C19H16Br2N2O5/c20-14-5-1-12(2-6-14)16(24)11-28-18(26)10-22-17(25)9-23-19(27)13-3-7-15(21)8-4-13/h1-8H,9-11H2,(H,22,25)(H,23,27). The summed E-state index contributed by atoms with van der Waals surface area (Å²) in [5.41, 5.74) is 0.817. The minimum absolute atomic E-state index is 0.292. The van der Waals surface area contributed by atoms with Gasteiger partial charge in [-0.3, -0.25) is 19.2 Å². The number of carbonyl (C=O) groups is 4. The van der Waals surface area contributed by atoms with Gasteiger partial charge in [0.1, 0.15) is 6.54 Å². The molecule has 0 atom stereocenters. The average molecular weight is 512 g/mol. The molecule has 2 N–H and O–H groups in total. The summed E-state index contributed by atoms with van der Waals surface area (Å²) in [6.07, 6.45) is 0. The second kappa shape index (κ2) is 10.7. The molecule has 0 saturated carbocycles. The van der Waals surface area contributed by atoms with Gasteiger partial charge in [0.05, 0.1) is 6.54 Å². The van der Waals surface area contributed by atoms with Crippen molar-refractivity contribution in [1.29, 1.82) is 0 Å². The summed E-state index contributed by atoms with van der Waals surface area (Å²) in [6.45, 7) is -1.11. The van der Waals surface area contributed by atoms with Gasteiger partial charge < -0.3 is 15.4 Å². The molecular weight excluding hydrogens is 496 g/mol. The maximum Gasteiger partial charge on any atom is 0.325 e. The van der Waals surface area contributed by atoms with E-state index in [0.717, 1.165) is 8.95 Å². The number of hydrogen-bond donors (Lipinski definition) is 2. The smallest absolute Gasteiger partial charge is 0.325 e. The predicted octanol–water partition coefficient (Wildman–Crippen LogP) is 2.48. The molecule has 2 aromatic carbocycles. The summed E-state index contributed by atoms with van der Waals surface area (Å²) < 4.78 is 6.50. The number of Topliss-reactive ketones (excluding diaryl/α,β-unsaturated/α-hetero) is 1. The van der Waals surface area contributed by atoms with Crippen LogP contribution in [0.25, 0.3) is 0 Å². The van der Waals surface area contributed by atoms with Gasteiger partial charge in [-0.2, -0.15) is 0 Å². The molecule has 7 nitrogen and oxygen atoms in total. The number of esters is 1. The topological polar surface area (TPSA) is 102 Å². The third kappa shape index (κ3) is 7.24. The molecule has 2 rings (SSSR count). The zero-order chi connectivity index (χ0) is 20.5. The third-order valence-electron chi connectivity index (χ3n) is 3.48. The van der Waals surface area contributed by atoms with Gasteiger partial charge in [-0.15, -0.1) is 0 Å². The van der Waals surface area contributed by atoms with Crippen LogP contribution in [0.3, 0.4) is 0 Å². The average Bonchev–Trinajstić information content (AvgIpc) is 2.69. The SMILES string of the molecule is O=C(CNC(=O)c1ccc(Br)cc1)NCC(=O)OCC(=O)c1ccc(Br)cc1. The van der Waals surface area contributed by atoms with Crippen molar-refractivity contribution in [3.63, 3.8) is 0 Å². The molecule has 0 aliphatic heterocycles. The summed E-state index contributed by atoms with van der Waals surface area (Å²) in [4.78, 5) is 47.2. The molecule has 0 unspecified atom stereocenters. The minimum Gasteiger partial charge on any atom is -0.456 e. The van der Waals surface area contributed by atoms with E-state index in [-0.39, 0.29) is 12.3 Å². The van der Waals surface area contributed by atoms with Gasteiger partial charge in [0.25, 0.3) is 5.91 Å². The van der Waals surface area contributed by atoms with E-state index in [1.54, 1.807) is 48.5 Å². The lowest BCUT2D eigenvalue weighted by atomic mass is 10.1. The number of nitrogens with one attached hydrogen (secondary N) is 2. The first-order valence-electron chi connectivity index (χ1n) is 8.10. The zero-order valence-electron chi connectivity index (χ0n) is 14.5. The van der Waals surface area contributed by atoms with Crippen LogP contribution in [0.4, 0.5) is 0 Å². The monoisotopic (exact) mass is 510 g/mol. The molecule has 0 spiro atoms. The van der Waals surface area contributed by atoms with Crippen molar-refractivity contribution in [2.75, 3.05) is 19.7 Å². The van der Waals surface area contributed by atoms with Crippen molar-refractivity contribution >= 4 is 55.4 Å². The molecule has 2 amide bonds. The summed E-state index contributed by atoms with van der Waals surface area (Å²) in [6, 6.07) is 13.3. The molecular formula is C19H16Br2N2O5. The van der Waals surface area contributed by atoms with Crippen LogP contribution in [0.15, 0.2) is 57.5 Å². The normalized spacial score (nSPS) is 10.1.